The average molecular weight is 113 g/mol. The highest BCUT2D eigenvalue weighted by molar-refractivity contribution is 4.81. The quantitative estimate of drug-likeness (QED) is 0.428. The van der Waals surface area contributed by atoms with Gasteiger partial charge in [-0.3, -0.25) is 0 Å². The Kier molecular flexibility index (Phi) is 2.82. The van der Waals surface area contributed by atoms with Gasteiger partial charge in [0, 0.05) is 0 Å². The maximum Gasteiger partial charge on any atom is 0.230 e. The van der Waals surface area contributed by atoms with E-state index in [2.05, 4.69) is 12.3 Å². The highest BCUT2D eigenvalue weighted by atomic mass is 16.5. The number of ether oxygens (including phenoxy) is 1. The van der Waals surface area contributed by atoms with Gasteiger partial charge in [0.05, 0.1) is 6.10 Å². The summed E-state index contributed by atoms with van der Waals surface area (Å²) in [6, 6.07) is 0. The first kappa shape index (κ1) is 7.12. The minimum atomic E-state index is 0.115. The van der Waals surface area contributed by atoms with E-state index in [1.165, 1.54) is 0 Å². The van der Waals surface area contributed by atoms with Crippen molar-refractivity contribution in [2.75, 3.05) is 0 Å². The summed E-state index contributed by atoms with van der Waals surface area (Å²) in [7, 11) is 0. The summed E-state index contributed by atoms with van der Waals surface area (Å²) in [6.45, 7) is 7.09. The third-order valence-electron chi connectivity index (χ3n) is 0.537. The maximum atomic E-state index is 5.19. The van der Waals surface area contributed by atoms with Crippen molar-refractivity contribution in [2.45, 2.75) is 20.0 Å². The fourth-order valence-corrected chi connectivity index (χ4v) is 0.296. The molecule has 0 unspecified atom stereocenters. The fraction of sp³-hybridized carbons (Fsp3) is 0.500. The Labute approximate surface area is 49.6 Å². The lowest BCUT2D eigenvalue weighted by atomic mass is 10.5. The Morgan fingerprint density at radius 3 is 2.38 bits per heavy atom. The molecule has 0 aromatic carbocycles. The molecule has 0 heterocycles. The summed E-state index contributed by atoms with van der Waals surface area (Å²) < 4.78 is 4.92. The van der Waals surface area contributed by atoms with Gasteiger partial charge in [-0.05, 0) is 13.8 Å². The van der Waals surface area contributed by atoms with Crippen LogP contribution in [0.15, 0.2) is 18.2 Å². The molecule has 0 bridgehead atoms. The summed E-state index contributed by atoms with van der Waals surface area (Å²) >= 11 is 0. The molecule has 0 spiro atoms. The van der Waals surface area contributed by atoms with Gasteiger partial charge in [-0.25, -0.2) is 0 Å². The van der Waals surface area contributed by atoms with Crippen molar-refractivity contribution < 1.29 is 4.74 Å². The van der Waals surface area contributed by atoms with Crippen LogP contribution in [-0.4, -0.2) is 6.10 Å². The predicted octanol–water partition coefficient (Wildman–Crippen LogP) is 0.996. The number of hydrogen-bond acceptors (Lipinski definition) is 2. The molecule has 0 aliphatic rings. The Balaban J connectivity index is 3.56. The van der Waals surface area contributed by atoms with Crippen molar-refractivity contribution in [3.63, 3.8) is 0 Å². The minimum Gasteiger partial charge on any atom is -0.471 e. The molecule has 2 N–H and O–H groups in total. The van der Waals surface area contributed by atoms with Crippen LogP contribution < -0.4 is 5.73 Å². The predicted molar refractivity (Wildman–Crippen MR) is 33.1 cm³/mol. The van der Waals surface area contributed by atoms with Gasteiger partial charge in [0.1, 0.15) is 0 Å². The van der Waals surface area contributed by atoms with Crippen molar-refractivity contribution in [1.29, 1.82) is 0 Å². The number of hydrogen-bond donors (Lipinski definition) is 1. The molecule has 0 aromatic heterocycles. The molecule has 0 amide bonds. The largest absolute Gasteiger partial charge is 0.471 e. The molecular weight excluding hydrogens is 102 g/mol. The minimum absolute atomic E-state index is 0.115. The van der Waals surface area contributed by atoms with Crippen molar-refractivity contribution in [1.82, 2.24) is 0 Å². The molecule has 2 heteroatoms. The van der Waals surface area contributed by atoms with Gasteiger partial charge >= 0.3 is 0 Å². The van der Waals surface area contributed by atoms with Gasteiger partial charge in [-0.1, -0.05) is 12.3 Å². The van der Waals surface area contributed by atoms with Crippen molar-refractivity contribution in [3.8, 4) is 0 Å². The van der Waals surface area contributed by atoms with Crippen LogP contribution in [0, 0.1) is 0 Å². The standard InChI is InChI=1S/C6H11NO/c1-4-6(7)8-5(2)3/h5H,1,7H2,2-3H3. The van der Waals surface area contributed by atoms with E-state index < -0.39 is 0 Å². The van der Waals surface area contributed by atoms with Gasteiger partial charge in [-0.15, -0.1) is 0 Å². The third-order valence-corrected chi connectivity index (χ3v) is 0.537. The molecule has 8 heavy (non-hydrogen) atoms. The Bertz CT molecular complexity index is 112. The Hall–Kier alpha value is -0.880. The van der Waals surface area contributed by atoms with E-state index in [0.717, 1.165) is 0 Å². The van der Waals surface area contributed by atoms with Crippen LogP contribution >= 0.6 is 0 Å². The first-order chi connectivity index (χ1) is 3.66. The number of rotatable bonds is 2. The lowest BCUT2D eigenvalue weighted by Gasteiger charge is -2.05. The fourth-order valence-electron chi connectivity index (χ4n) is 0.296. The van der Waals surface area contributed by atoms with E-state index in [9.17, 15) is 0 Å². The molecular formula is C6H11NO. The Morgan fingerprint density at radius 2 is 2.25 bits per heavy atom. The van der Waals surface area contributed by atoms with Crippen LogP contribution in [0.4, 0.5) is 0 Å². The van der Waals surface area contributed by atoms with E-state index in [4.69, 9.17) is 10.5 Å². The second-order valence-electron chi connectivity index (χ2n) is 1.71. The molecule has 0 fully saturated rings. The van der Waals surface area contributed by atoms with Gasteiger partial charge in [0.2, 0.25) is 5.88 Å². The third kappa shape index (κ3) is 3.32. The molecule has 2 nitrogen and oxygen atoms in total. The van der Waals surface area contributed by atoms with Crippen molar-refractivity contribution >= 4 is 0 Å². The zero-order valence-corrected chi connectivity index (χ0v) is 5.27. The number of nitrogens with two attached hydrogens (primary N) is 1. The molecule has 0 aliphatic carbocycles. The molecule has 46 valence electrons. The van der Waals surface area contributed by atoms with Crippen molar-refractivity contribution in [2.24, 2.45) is 5.73 Å². The molecule has 0 aromatic rings. The molecule has 0 radical (unpaired) electrons. The molecule has 0 saturated carbocycles. The van der Waals surface area contributed by atoms with Gasteiger partial charge in [0.15, 0.2) is 0 Å². The first-order valence-electron chi connectivity index (χ1n) is 2.49. The second-order valence-corrected chi connectivity index (χ2v) is 1.71. The zero-order valence-electron chi connectivity index (χ0n) is 5.27. The highest BCUT2D eigenvalue weighted by Gasteiger charge is 1.90. The topological polar surface area (TPSA) is 35.2 Å². The Morgan fingerprint density at radius 1 is 1.75 bits per heavy atom. The smallest absolute Gasteiger partial charge is 0.230 e. The van der Waals surface area contributed by atoms with Crippen LogP contribution in [0.5, 0.6) is 0 Å². The van der Waals surface area contributed by atoms with Crippen LogP contribution in [0.3, 0.4) is 0 Å². The lowest BCUT2D eigenvalue weighted by molar-refractivity contribution is 0.146. The second kappa shape index (κ2) is 3.16. The van der Waals surface area contributed by atoms with Crippen LogP contribution in [-0.2, 0) is 4.74 Å². The van der Waals surface area contributed by atoms with Crippen LogP contribution in [0.25, 0.3) is 0 Å². The summed E-state index contributed by atoms with van der Waals surface area (Å²) in [4.78, 5) is 0. The van der Waals surface area contributed by atoms with Gasteiger partial charge in [0.25, 0.3) is 0 Å². The van der Waals surface area contributed by atoms with E-state index >= 15 is 0 Å². The van der Waals surface area contributed by atoms with E-state index in [0.29, 0.717) is 0 Å². The monoisotopic (exact) mass is 113 g/mol. The summed E-state index contributed by atoms with van der Waals surface area (Å²) in [5.41, 5.74) is 7.61. The average Bonchev–Trinajstić information content (AvgIpc) is 1.65. The van der Waals surface area contributed by atoms with E-state index in [1.807, 2.05) is 13.8 Å². The zero-order chi connectivity index (χ0) is 6.57. The molecule has 0 saturated heterocycles. The van der Waals surface area contributed by atoms with Gasteiger partial charge < -0.3 is 10.5 Å². The van der Waals surface area contributed by atoms with E-state index in [-0.39, 0.29) is 12.0 Å². The normalized spacial score (nSPS) is 8.38. The summed E-state index contributed by atoms with van der Waals surface area (Å²) in [5, 5.41) is 0. The molecule has 0 aliphatic heterocycles. The summed E-state index contributed by atoms with van der Waals surface area (Å²) in [6.07, 6.45) is 0.115. The first-order valence-corrected chi connectivity index (χ1v) is 2.49. The summed E-state index contributed by atoms with van der Waals surface area (Å²) in [5.74, 6) is 0.264. The maximum absolute atomic E-state index is 5.19. The van der Waals surface area contributed by atoms with Gasteiger partial charge in [-0.2, -0.15) is 0 Å². The van der Waals surface area contributed by atoms with Crippen molar-refractivity contribution in [3.05, 3.63) is 18.2 Å². The van der Waals surface area contributed by atoms with Crippen LogP contribution in [0.2, 0.25) is 0 Å². The SMILES string of the molecule is C=C=C(N)OC(C)C. The van der Waals surface area contributed by atoms with Crippen LogP contribution in [0.1, 0.15) is 13.8 Å². The lowest BCUT2D eigenvalue weighted by Crippen LogP contribution is -2.07. The molecule has 0 rings (SSSR count). The van der Waals surface area contributed by atoms with E-state index in [1.54, 1.807) is 0 Å². The molecule has 0 atom stereocenters. The highest BCUT2D eigenvalue weighted by Crippen LogP contribution is 1.91.